The van der Waals surface area contributed by atoms with E-state index in [-0.39, 0.29) is 0 Å². The lowest BCUT2D eigenvalue weighted by atomic mass is 9.93. The van der Waals surface area contributed by atoms with E-state index in [1.165, 1.54) is 19.3 Å². The summed E-state index contributed by atoms with van der Waals surface area (Å²) >= 11 is 0. The summed E-state index contributed by atoms with van der Waals surface area (Å²) in [4.78, 5) is 0. The predicted octanol–water partition coefficient (Wildman–Crippen LogP) is 2.87. The van der Waals surface area contributed by atoms with Gasteiger partial charge in [-0.1, -0.05) is 41.0 Å². The lowest BCUT2D eigenvalue weighted by molar-refractivity contribution is 0.385. The summed E-state index contributed by atoms with van der Waals surface area (Å²) in [6, 6.07) is 0.514. The Bertz CT molecular complexity index is 154. The fourth-order valence-electron chi connectivity index (χ4n) is 1.61. The summed E-state index contributed by atoms with van der Waals surface area (Å²) in [5.74, 6) is 0.792. The molecular weight excluding hydrogens is 222 g/mol. The molecule has 0 amide bonds. The average molecular weight is 259 g/mol. The molecule has 2 atom stereocenters. The molecule has 18 heavy (non-hydrogen) atoms. The summed E-state index contributed by atoms with van der Waals surface area (Å²) in [5.41, 5.74) is 16.4. The van der Waals surface area contributed by atoms with Crippen molar-refractivity contribution < 1.29 is 0 Å². The molecule has 1 rings (SSSR count). The van der Waals surface area contributed by atoms with Crippen LogP contribution in [0.4, 0.5) is 0 Å². The molecule has 1 aliphatic rings. The van der Waals surface area contributed by atoms with Gasteiger partial charge in [0.05, 0.1) is 0 Å². The van der Waals surface area contributed by atoms with E-state index in [9.17, 15) is 0 Å². The van der Waals surface area contributed by atoms with Crippen molar-refractivity contribution >= 4 is 0 Å². The van der Waals surface area contributed by atoms with Crippen molar-refractivity contribution in [3.05, 3.63) is 0 Å². The molecule has 112 valence electrons. The maximum absolute atomic E-state index is 5.68. The Kier molecular flexibility index (Phi) is 13.4. The second-order valence-electron chi connectivity index (χ2n) is 6.46. The highest BCUT2D eigenvalue weighted by Gasteiger charge is 2.18. The summed E-state index contributed by atoms with van der Waals surface area (Å²) in [6.45, 7) is 12.5. The predicted molar refractivity (Wildman–Crippen MR) is 83.5 cm³/mol. The van der Waals surface area contributed by atoms with Gasteiger partial charge in [0.2, 0.25) is 0 Å². The van der Waals surface area contributed by atoms with E-state index in [1.807, 2.05) is 0 Å². The summed E-state index contributed by atoms with van der Waals surface area (Å²) < 4.78 is 0. The first kappa shape index (κ1) is 20.2. The third kappa shape index (κ3) is 15.9. The van der Waals surface area contributed by atoms with Crippen LogP contribution in [0.25, 0.3) is 0 Å². The monoisotopic (exact) mass is 259 g/mol. The zero-order chi connectivity index (χ0) is 14.6. The summed E-state index contributed by atoms with van der Waals surface area (Å²) in [5, 5.41) is 0. The highest BCUT2D eigenvalue weighted by molar-refractivity contribution is 4.75. The average Bonchev–Trinajstić information content (AvgIpc) is 2.63. The van der Waals surface area contributed by atoms with Gasteiger partial charge in [-0.2, -0.15) is 0 Å². The Morgan fingerprint density at radius 1 is 1.06 bits per heavy atom. The second-order valence-corrected chi connectivity index (χ2v) is 6.46. The molecule has 0 heterocycles. The zero-order valence-corrected chi connectivity index (χ0v) is 13.3. The van der Waals surface area contributed by atoms with Gasteiger partial charge in [0.15, 0.2) is 0 Å². The van der Waals surface area contributed by atoms with Crippen molar-refractivity contribution in [1.82, 2.24) is 0 Å². The molecular formula is C15H37N3. The first-order valence-electron chi connectivity index (χ1n) is 7.44. The van der Waals surface area contributed by atoms with Crippen LogP contribution in [0.1, 0.15) is 66.7 Å². The van der Waals surface area contributed by atoms with E-state index in [0.29, 0.717) is 11.5 Å². The van der Waals surface area contributed by atoms with Crippen LogP contribution >= 0.6 is 0 Å². The highest BCUT2D eigenvalue weighted by atomic mass is 14.7. The molecule has 2 unspecified atom stereocenters. The van der Waals surface area contributed by atoms with E-state index < -0.39 is 0 Å². The Morgan fingerprint density at radius 3 is 1.61 bits per heavy atom. The molecule has 0 aliphatic heterocycles. The van der Waals surface area contributed by atoms with Gasteiger partial charge >= 0.3 is 0 Å². The van der Waals surface area contributed by atoms with E-state index in [0.717, 1.165) is 31.8 Å². The van der Waals surface area contributed by atoms with Crippen LogP contribution in [0.5, 0.6) is 0 Å². The quantitative estimate of drug-likeness (QED) is 0.713. The van der Waals surface area contributed by atoms with Crippen molar-refractivity contribution in [1.29, 1.82) is 0 Å². The van der Waals surface area contributed by atoms with Crippen LogP contribution in [0, 0.1) is 11.3 Å². The molecule has 1 aliphatic carbocycles. The van der Waals surface area contributed by atoms with Crippen LogP contribution < -0.4 is 17.2 Å². The van der Waals surface area contributed by atoms with Crippen molar-refractivity contribution in [3.63, 3.8) is 0 Å². The van der Waals surface area contributed by atoms with Crippen molar-refractivity contribution in [2.75, 3.05) is 13.1 Å². The minimum absolute atomic E-state index is 0.425. The Balaban J connectivity index is 0. The SMILES string of the molecule is CC(C)(C)CCN.CC1CCCC1N.CCCN. The number of nitrogens with two attached hydrogens (primary N) is 3. The Morgan fingerprint density at radius 2 is 1.56 bits per heavy atom. The number of hydrogen-bond donors (Lipinski definition) is 3. The molecule has 0 aromatic heterocycles. The third-order valence-corrected chi connectivity index (χ3v) is 3.11. The van der Waals surface area contributed by atoms with Crippen LogP contribution in [0.3, 0.4) is 0 Å². The smallest absolute Gasteiger partial charge is 0.00645 e. The molecule has 0 aromatic carbocycles. The first-order valence-corrected chi connectivity index (χ1v) is 7.44. The molecule has 3 heteroatoms. The van der Waals surface area contributed by atoms with Crippen LogP contribution in [-0.4, -0.2) is 19.1 Å². The molecule has 1 saturated carbocycles. The minimum Gasteiger partial charge on any atom is -0.330 e. The molecule has 1 fully saturated rings. The standard InChI is InChI=1S/C6H13N.C6H15N.C3H9N/c1-5-3-2-4-6(5)7;1-6(2,3)4-5-7;1-2-3-4/h5-6H,2-4,7H2,1H3;4-5,7H2,1-3H3;2-4H2,1H3. The zero-order valence-electron chi connectivity index (χ0n) is 13.3. The van der Waals surface area contributed by atoms with Crippen molar-refractivity contribution in [2.45, 2.75) is 72.8 Å². The highest BCUT2D eigenvalue weighted by Crippen LogP contribution is 2.22. The normalized spacial score (nSPS) is 22.7. The molecule has 0 bridgehead atoms. The topological polar surface area (TPSA) is 78.1 Å². The fourth-order valence-corrected chi connectivity index (χ4v) is 1.61. The molecule has 0 saturated heterocycles. The molecule has 0 aromatic rings. The Labute approximate surface area is 115 Å². The summed E-state index contributed by atoms with van der Waals surface area (Å²) in [6.07, 6.45) is 6.16. The van der Waals surface area contributed by atoms with Gasteiger partial charge in [0.1, 0.15) is 0 Å². The van der Waals surface area contributed by atoms with E-state index in [2.05, 4.69) is 34.6 Å². The van der Waals surface area contributed by atoms with Crippen LogP contribution in [0.15, 0.2) is 0 Å². The number of rotatable bonds is 2. The van der Waals surface area contributed by atoms with Crippen molar-refractivity contribution in [3.8, 4) is 0 Å². The summed E-state index contributed by atoms with van der Waals surface area (Å²) in [7, 11) is 0. The molecule has 3 nitrogen and oxygen atoms in total. The van der Waals surface area contributed by atoms with Gasteiger partial charge in [0, 0.05) is 6.04 Å². The van der Waals surface area contributed by atoms with Gasteiger partial charge in [-0.3, -0.25) is 0 Å². The van der Waals surface area contributed by atoms with Crippen molar-refractivity contribution in [2.24, 2.45) is 28.5 Å². The van der Waals surface area contributed by atoms with E-state index >= 15 is 0 Å². The van der Waals surface area contributed by atoms with Gasteiger partial charge < -0.3 is 17.2 Å². The van der Waals surface area contributed by atoms with Gasteiger partial charge in [-0.05, 0) is 50.1 Å². The lowest BCUT2D eigenvalue weighted by Gasteiger charge is -2.15. The largest absolute Gasteiger partial charge is 0.330 e. The van der Waals surface area contributed by atoms with Gasteiger partial charge in [-0.15, -0.1) is 0 Å². The third-order valence-electron chi connectivity index (χ3n) is 3.11. The van der Waals surface area contributed by atoms with Gasteiger partial charge in [-0.25, -0.2) is 0 Å². The van der Waals surface area contributed by atoms with Crippen LogP contribution in [-0.2, 0) is 0 Å². The second kappa shape index (κ2) is 11.9. The molecule has 6 N–H and O–H groups in total. The minimum atomic E-state index is 0.425. The Hall–Kier alpha value is -0.120. The fraction of sp³-hybridized carbons (Fsp3) is 1.00. The number of hydrogen-bond acceptors (Lipinski definition) is 3. The molecule has 0 spiro atoms. The van der Waals surface area contributed by atoms with E-state index in [4.69, 9.17) is 17.2 Å². The lowest BCUT2D eigenvalue weighted by Crippen LogP contribution is -2.21. The first-order chi connectivity index (χ1) is 8.28. The van der Waals surface area contributed by atoms with Crippen LogP contribution in [0.2, 0.25) is 0 Å². The van der Waals surface area contributed by atoms with E-state index in [1.54, 1.807) is 0 Å². The van der Waals surface area contributed by atoms with Gasteiger partial charge in [0.25, 0.3) is 0 Å². The molecule has 0 radical (unpaired) electrons. The maximum Gasteiger partial charge on any atom is 0.00645 e. The maximum atomic E-state index is 5.68.